The SMILES string of the molecule is COc1ccc(C(CN2CCOCC2)Nc2ccc(C#N)cn2)cc1. The van der Waals surface area contributed by atoms with E-state index in [0.29, 0.717) is 5.56 Å². The van der Waals surface area contributed by atoms with Crippen molar-refractivity contribution in [2.45, 2.75) is 6.04 Å². The molecule has 130 valence electrons. The monoisotopic (exact) mass is 338 g/mol. The summed E-state index contributed by atoms with van der Waals surface area (Å²) in [5.74, 6) is 1.60. The van der Waals surface area contributed by atoms with Gasteiger partial charge in [-0.25, -0.2) is 4.98 Å². The molecular weight excluding hydrogens is 316 g/mol. The highest BCUT2D eigenvalue weighted by molar-refractivity contribution is 5.42. The van der Waals surface area contributed by atoms with Crippen LogP contribution in [0.3, 0.4) is 0 Å². The second-order valence-corrected chi connectivity index (χ2v) is 5.93. The van der Waals surface area contributed by atoms with Gasteiger partial charge in [0.1, 0.15) is 17.6 Å². The summed E-state index contributed by atoms with van der Waals surface area (Å²) < 4.78 is 10.7. The third-order valence-corrected chi connectivity index (χ3v) is 4.28. The fourth-order valence-electron chi connectivity index (χ4n) is 2.84. The van der Waals surface area contributed by atoms with Crippen molar-refractivity contribution in [3.8, 4) is 11.8 Å². The first-order chi connectivity index (χ1) is 12.3. The number of rotatable bonds is 6. The molecule has 0 bridgehead atoms. The van der Waals surface area contributed by atoms with E-state index in [-0.39, 0.29) is 6.04 Å². The molecule has 6 heteroatoms. The lowest BCUT2D eigenvalue weighted by Crippen LogP contribution is -2.40. The van der Waals surface area contributed by atoms with Crippen molar-refractivity contribution in [1.82, 2.24) is 9.88 Å². The molecule has 1 aliphatic heterocycles. The zero-order chi connectivity index (χ0) is 17.5. The third kappa shape index (κ3) is 4.69. The second kappa shape index (κ2) is 8.47. The van der Waals surface area contributed by atoms with E-state index in [9.17, 15) is 0 Å². The van der Waals surface area contributed by atoms with Gasteiger partial charge in [0.15, 0.2) is 0 Å². The molecule has 0 spiro atoms. The maximum Gasteiger partial charge on any atom is 0.126 e. The lowest BCUT2D eigenvalue weighted by molar-refractivity contribution is 0.0360. The molecule has 1 aliphatic rings. The van der Waals surface area contributed by atoms with E-state index < -0.39 is 0 Å². The molecule has 2 aromatic rings. The smallest absolute Gasteiger partial charge is 0.126 e. The van der Waals surface area contributed by atoms with Crippen molar-refractivity contribution in [1.29, 1.82) is 5.26 Å². The second-order valence-electron chi connectivity index (χ2n) is 5.93. The number of anilines is 1. The Morgan fingerprint density at radius 2 is 2.00 bits per heavy atom. The summed E-state index contributed by atoms with van der Waals surface area (Å²) in [6.07, 6.45) is 1.59. The molecule has 1 aromatic carbocycles. The summed E-state index contributed by atoms with van der Waals surface area (Å²) in [5.41, 5.74) is 1.72. The van der Waals surface area contributed by atoms with Gasteiger partial charge in [0.2, 0.25) is 0 Å². The van der Waals surface area contributed by atoms with Crippen LogP contribution in [0.4, 0.5) is 5.82 Å². The van der Waals surface area contributed by atoms with Crippen molar-refractivity contribution in [2.75, 3.05) is 45.3 Å². The van der Waals surface area contributed by atoms with Crippen LogP contribution in [0.15, 0.2) is 42.6 Å². The molecule has 6 nitrogen and oxygen atoms in total. The Morgan fingerprint density at radius 3 is 2.60 bits per heavy atom. The maximum atomic E-state index is 8.91. The molecular formula is C19H22N4O2. The van der Waals surface area contributed by atoms with Crippen LogP contribution in [0.1, 0.15) is 17.2 Å². The van der Waals surface area contributed by atoms with Gasteiger partial charge in [-0.05, 0) is 29.8 Å². The highest BCUT2D eigenvalue weighted by Gasteiger charge is 2.19. The van der Waals surface area contributed by atoms with Crippen LogP contribution in [0.25, 0.3) is 0 Å². The average Bonchev–Trinajstić information content (AvgIpc) is 2.69. The molecule has 0 saturated carbocycles. The number of ether oxygens (including phenoxy) is 2. The highest BCUT2D eigenvalue weighted by Crippen LogP contribution is 2.23. The standard InChI is InChI=1S/C19H22N4O2/c1-24-17-5-3-16(4-6-17)18(14-23-8-10-25-11-9-23)22-19-7-2-15(12-20)13-21-19/h2-7,13,18H,8-11,14H2,1H3,(H,21,22). The number of nitrogens with one attached hydrogen (secondary N) is 1. The number of methoxy groups -OCH3 is 1. The molecule has 0 amide bonds. The third-order valence-electron chi connectivity index (χ3n) is 4.28. The fourth-order valence-corrected chi connectivity index (χ4v) is 2.84. The quantitative estimate of drug-likeness (QED) is 0.872. The van der Waals surface area contributed by atoms with E-state index in [1.54, 1.807) is 19.4 Å². The van der Waals surface area contributed by atoms with E-state index in [1.807, 2.05) is 18.2 Å². The highest BCUT2D eigenvalue weighted by atomic mass is 16.5. The van der Waals surface area contributed by atoms with Crippen LogP contribution in [0.2, 0.25) is 0 Å². The van der Waals surface area contributed by atoms with Crippen LogP contribution in [-0.4, -0.2) is 49.8 Å². The van der Waals surface area contributed by atoms with Crippen molar-refractivity contribution >= 4 is 5.82 Å². The van der Waals surface area contributed by atoms with Gasteiger partial charge in [0, 0.05) is 25.8 Å². The summed E-state index contributed by atoms with van der Waals surface area (Å²) in [6.45, 7) is 4.25. The molecule has 1 fully saturated rings. The van der Waals surface area contributed by atoms with Crippen LogP contribution in [0, 0.1) is 11.3 Å². The Labute approximate surface area is 148 Å². The zero-order valence-electron chi connectivity index (χ0n) is 14.3. The van der Waals surface area contributed by atoms with E-state index in [2.05, 4.69) is 33.4 Å². The zero-order valence-corrected chi connectivity index (χ0v) is 14.3. The van der Waals surface area contributed by atoms with Crippen LogP contribution in [0.5, 0.6) is 5.75 Å². The average molecular weight is 338 g/mol. The lowest BCUT2D eigenvalue weighted by atomic mass is 10.1. The number of hydrogen-bond donors (Lipinski definition) is 1. The molecule has 2 heterocycles. The Kier molecular flexibility index (Phi) is 5.83. The van der Waals surface area contributed by atoms with Gasteiger partial charge in [0.25, 0.3) is 0 Å². The van der Waals surface area contributed by atoms with Crippen LogP contribution in [-0.2, 0) is 4.74 Å². The van der Waals surface area contributed by atoms with Crippen molar-refractivity contribution < 1.29 is 9.47 Å². The van der Waals surface area contributed by atoms with Crippen molar-refractivity contribution in [3.63, 3.8) is 0 Å². The fraction of sp³-hybridized carbons (Fsp3) is 0.368. The minimum Gasteiger partial charge on any atom is -0.497 e. The maximum absolute atomic E-state index is 8.91. The van der Waals surface area contributed by atoms with Gasteiger partial charge >= 0.3 is 0 Å². The van der Waals surface area contributed by atoms with Crippen LogP contribution >= 0.6 is 0 Å². The van der Waals surface area contributed by atoms with Gasteiger partial charge in [-0.1, -0.05) is 12.1 Å². The summed E-state index contributed by atoms with van der Waals surface area (Å²) >= 11 is 0. The predicted molar refractivity (Wildman–Crippen MR) is 95.6 cm³/mol. The van der Waals surface area contributed by atoms with Crippen molar-refractivity contribution in [3.05, 3.63) is 53.7 Å². The Hall–Kier alpha value is -2.62. The van der Waals surface area contributed by atoms with Crippen LogP contribution < -0.4 is 10.1 Å². The molecule has 0 aliphatic carbocycles. The molecule has 1 aromatic heterocycles. The van der Waals surface area contributed by atoms with Crippen molar-refractivity contribution in [2.24, 2.45) is 0 Å². The number of aromatic nitrogens is 1. The van der Waals surface area contributed by atoms with E-state index in [0.717, 1.165) is 44.4 Å². The number of benzene rings is 1. The molecule has 1 unspecified atom stereocenters. The summed E-state index contributed by atoms with van der Waals surface area (Å²) in [4.78, 5) is 6.72. The predicted octanol–water partition coefficient (Wildman–Crippen LogP) is 2.45. The largest absolute Gasteiger partial charge is 0.497 e. The lowest BCUT2D eigenvalue weighted by Gasteiger charge is -2.31. The van der Waals surface area contributed by atoms with Gasteiger partial charge < -0.3 is 14.8 Å². The number of pyridine rings is 1. The molecule has 1 saturated heterocycles. The minimum atomic E-state index is 0.0874. The minimum absolute atomic E-state index is 0.0874. The first kappa shape index (κ1) is 17.2. The summed E-state index contributed by atoms with van der Waals surface area (Å²) in [7, 11) is 1.67. The Bertz CT molecular complexity index is 704. The van der Waals surface area contributed by atoms with E-state index >= 15 is 0 Å². The van der Waals surface area contributed by atoms with Gasteiger partial charge in [-0.2, -0.15) is 5.26 Å². The molecule has 1 N–H and O–H groups in total. The van der Waals surface area contributed by atoms with Gasteiger partial charge in [-0.3, -0.25) is 4.90 Å². The first-order valence-electron chi connectivity index (χ1n) is 8.35. The Balaban J connectivity index is 1.77. The normalized spacial score (nSPS) is 16.0. The summed E-state index contributed by atoms with van der Waals surface area (Å²) in [6, 6.07) is 13.9. The number of morpholine rings is 1. The van der Waals surface area contributed by atoms with Gasteiger partial charge in [-0.15, -0.1) is 0 Å². The topological polar surface area (TPSA) is 70.4 Å². The first-order valence-corrected chi connectivity index (χ1v) is 8.35. The Morgan fingerprint density at radius 1 is 1.24 bits per heavy atom. The summed E-state index contributed by atoms with van der Waals surface area (Å²) in [5, 5.41) is 12.4. The molecule has 3 rings (SSSR count). The van der Waals surface area contributed by atoms with E-state index in [1.165, 1.54) is 5.56 Å². The number of nitrogens with zero attached hydrogens (tertiary/aromatic N) is 3. The molecule has 0 radical (unpaired) electrons. The molecule has 25 heavy (non-hydrogen) atoms. The number of nitriles is 1. The number of hydrogen-bond acceptors (Lipinski definition) is 6. The molecule has 1 atom stereocenters. The van der Waals surface area contributed by atoms with E-state index in [4.69, 9.17) is 14.7 Å². The van der Waals surface area contributed by atoms with Gasteiger partial charge in [0.05, 0.1) is 31.9 Å².